The largest absolute Gasteiger partial charge is 0.455 e. The highest BCUT2D eigenvalue weighted by Gasteiger charge is 2.23. The predicted molar refractivity (Wildman–Crippen MR) is 92.3 cm³/mol. The summed E-state index contributed by atoms with van der Waals surface area (Å²) in [5, 5.41) is 2.66. The lowest BCUT2D eigenvalue weighted by molar-refractivity contribution is -0.148. The van der Waals surface area contributed by atoms with E-state index in [1.54, 1.807) is 6.92 Å². The van der Waals surface area contributed by atoms with Gasteiger partial charge in [0.2, 0.25) is 0 Å². The van der Waals surface area contributed by atoms with Crippen LogP contribution in [0.3, 0.4) is 0 Å². The number of nitrogens with one attached hydrogen (secondary N) is 1. The van der Waals surface area contributed by atoms with E-state index in [9.17, 15) is 9.59 Å². The molecule has 5 heteroatoms. The molecule has 1 aliphatic carbocycles. The van der Waals surface area contributed by atoms with Gasteiger partial charge < -0.3 is 10.1 Å². The van der Waals surface area contributed by atoms with Gasteiger partial charge in [0.15, 0.2) is 6.61 Å². The number of hydrogen-bond donors (Lipinski definition) is 1. The molecule has 1 N–H and O–H groups in total. The smallest absolute Gasteiger partial charge is 0.319 e. The van der Waals surface area contributed by atoms with E-state index >= 15 is 0 Å². The molecule has 0 unspecified atom stereocenters. The van der Waals surface area contributed by atoms with Crippen LogP contribution in [0.2, 0.25) is 0 Å². The Morgan fingerprint density at radius 3 is 2.65 bits per heavy atom. The summed E-state index contributed by atoms with van der Waals surface area (Å²) in [4.78, 5) is 24.9. The Hall–Kier alpha value is -1.49. The summed E-state index contributed by atoms with van der Waals surface area (Å²) < 4.78 is 5.14. The number of rotatable bonds is 6. The molecule has 3 atom stereocenters. The summed E-state index contributed by atoms with van der Waals surface area (Å²) in [7, 11) is 0. The number of ether oxygens (including phenoxy) is 1. The molecule has 0 bridgehead atoms. The van der Waals surface area contributed by atoms with E-state index < -0.39 is 0 Å². The second-order valence-electron chi connectivity index (χ2n) is 6.12. The van der Waals surface area contributed by atoms with Crippen molar-refractivity contribution in [1.29, 1.82) is 0 Å². The third-order valence-electron chi connectivity index (χ3n) is 4.19. The molecule has 2 rings (SSSR count). The Balaban J connectivity index is 1.71. The molecule has 23 heavy (non-hydrogen) atoms. The number of carbonyl (C=O) groups excluding carboxylic acids is 2. The summed E-state index contributed by atoms with van der Waals surface area (Å²) >= 11 is 1.43. The summed E-state index contributed by atoms with van der Waals surface area (Å²) in [6, 6.07) is 9.91. The molecule has 1 saturated carbocycles. The van der Waals surface area contributed by atoms with Crippen LogP contribution < -0.4 is 5.32 Å². The Kier molecular flexibility index (Phi) is 6.96. The quantitative estimate of drug-likeness (QED) is 0.639. The van der Waals surface area contributed by atoms with Gasteiger partial charge in [-0.15, -0.1) is 11.8 Å². The molecule has 1 aliphatic rings. The predicted octanol–water partition coefficient (Wildman–Crippen LogP) is 3.41. The number of thioether (sulfide) groups is 1. The molecule has 1 aromatic rings. The van der Waals surface area contributed by atoms with Crippen molar-refractivity contribution < 1.29 is 14.3 Å². The Morgan fingerprint density at radius 2 is 1.96 bits per heavy atom. The van der Waals surface area contributed by atoms with Crippen LogP contribution in [0.25, 0.3) is 0 Å². The minimum absolute atomic E-state index is 0.193. The van der Waals surface area contributed by atoms with Crippen molar-refractivity contribution >= 4 is 23.6 Å². The molecular formula is C18H25NO3S. The zero-order valence-electron chi connectivity index (χ0n) is 13.8. The molecule has 0 spiro atoms. The third kappa shape index (κ3) is 5.90. The normalized spacial score (nSPS) is 22.2. The van der Waals surface area contributed by atoms with Crippen LogP contribution in [0.1, 0.15) is 39.5 Å². The van der Waals surface area contributed by atoms with Crippen LogP contribution in [0.15, 0.2) is 35.2 Å². The van der Waals surface area contributed by atoms with Crippen molar-refractivity contribution in [1.82, 2.24) is 5.32 Å². The van der Waals surface area contributed by atoms with Crippen LogP contribution in [-0.4, -0.2) is 29.8 Å². The van der Waals surface area contributed by atoms with Gasteiger partial charge in [-0.25, -0.2) is 0 Å². The van der Waals surface area contributed by atoms with E-state index in [2.05, 4.69) is 12.2 Å². The van der Waals surface area contributed by atoms with Crippen LogP contribution in [-0.2, 0) is 14.3 Å². The van der Waals surface area contributed by atoms with E-state index in [0.717, 1.165) is 24.2 Å². The third-order valence-corrected chi connectivity index (χ3v) is 5.28. The summed E-state index contributed by atoms with van der Waals surface area (Å²) in [5.74, 6) is -0.0596. The van der Waals surface area contributed by atoms with Gasteiger partial charge >= 0.3 is 5.97 Å². The standard InChI is InChI=1S/C18H25NO3S/c1-13-8-6-7-11-16(13)19-17(20)12-22-18(21)14(2)23-15-9-4-3-5-10-15/h3-5,9-10,13-14,16H,6-8,11-12H2,1-2H3,(H,19,20)/t13-,14+,16-/m0/s1. The number of benzene rings is 1. The van der Waals surface area contributed by atoms with E-state index in [4.69, 9.17) is 4.74 Å². The van der Waals surface area contributed by atoms with Crippen LogP contribution in [0.4, 0.5) is 0 Å². The highest BCUT2D eigenvalue weighted by atomic mass is 32.2. The first-order chi connectivity index (χ1) is 11.1. The molecule has 0 radical (unpaired) electrons. The van der Waals surface area contributed by atoms with Crippen LogP contribution in [0.5, 0.6) is 0 Å². The van der Waals surface area contributed by atoms with Gasteiger partial charge in [0.05, 0.1) is 0 Å². The van der Waals surface area contributed by atoms with E-state index in [0.29, 0.717) is 5.92 Å². The van der Waals surface area contributed by atoms with Gasteiger partial charge in [-0.05, 0) is 37.8 Å². The first kappa shape index (κ1) is 17.9. The van der Waals surface area contributed by atoms with Gasteiger partial charge in [-0.2, -0.15) is 0 Å². The Labute approximate surface area is 142 Å². The lowest BCUT2D eigenvalue weighted by Crippen LogP contribution is -2.43. The molecule has 0 aliphatic heterocycles. The Bertz CT molecular complexity index is 520. The molecule has 1 amide bonds. The SMILES string of the molecule is C[C@@H](Sc1ccccc1)C(=O)OCC(=O)N[C@H]1CCCC[C@@H]1C. The van der Waals surface area contributed by atoms with Crippen molar-refractivity contribution in [3.63, 3.8) is 0 Å². The number of hydrogen-bond acceptors (Lipinski definition) is 4. The van der Waals surface area contributed by atoms with Gasteiger partial charge in [-0.1, -0.05) is 38.0 Å². The molecule has 1 aromatic carbocycles. The molecule has 0 saturated heterocycles. The topological polar surface area (TPSA) is 55.4 Å². The number of amides is 1. The second-order valence-corrected chi connectivity index (χ2v) is 7.53. The summed E-state index contributed by atoms with van der Waals surface area (Å²) in [5.41, 5.74) is 0. The van der Waals surface area contributed by atoms with Crippen molar-refractivity contribution in [2.24, 2.45) is 5.92 Å². The van der Waals surface area contributed by atoms with E-state index in [-0.39, 0.29) is 29.8 Å². The Morgan fingerprint density at radius 1 is 1.26 bits per heavy atom. The van der Waals surface area contributed by atoms with Crippen molar-refractivity contribution in [2.75, 3.05) is 6.61 Å². The van der Waals surface area contributed by atoms with Gasteiger partial charge in [0, 0.05) is 10.9 Å². The second kappa shape index (κ2) is 8.96. The molecule has 126 valence electrons. The monoisotopic (exact) mass is 335 g/mol. The van der Waals surface area contributed by atoms with Gasteiger partial charge in [0.1, 0.15) is 5.25 Å². The van der Waals surface area contributed by atoms with E-state index in [1.165, 1.54) is 18.2 Å². The first-order valence-electron chi connectivity index (χ1n) is 8.24. The van der Waals surface area contributed by atoms with Crippen LogP contribution in [0, 0.1) is 5.92 Å². The highest BCUT2D eigenvalue weighted by Crippen LogP contribution is 2.24. The average molecular weight is 335 g/mol. The van der Waals surface area contributed by atoms with E-state index in [1.807, 2.05) is 30.3 Å². The van der Waals surface area contributed by atoms with Crippen molar-refractivity contribution in [2.45, 2.75) is 55.7 Å². The fraction of sp³-hybridized carbons (Fsp3) is 0.556. The maximum atomic E-state index is 12.0. The summed E-state index contributed by atoms with van der Waals surface area (Å²) in [6.45, 7) is 3.76. The zero-order valence-corrected chi connectivity index (χ0v) is 14.6. The van der Waals surface area contributed by atoms with Gasteiger partial charge in [-0.3, -0.25) is 9.59 Å². The molecule has 1 fully saturated rings. The maximum Gasteiger partial charge on any atom is 0.319 e. The lowest BCUT2D eigenvalue weighted by Gasteiger charge is -2.29. The van der Waals surface area contributed by atoms with Crippen molar-refractivity contribution in [3.8, 4) is 0 Å². The minimum atomic E-state index is -0.356. The molecule has 4 nitrogen and oxygen atoms in total. The summed E-state index contributed by atoms with van der Waals surface area (Å²) in [6.07, 6.45) is 4.55. The molecule has 0 aromatic heterocycles. The fourth-order valence-corrected chi connectivity index (χ4v) is 3.67. The van der Waals surface area contributed by atoms with Crippen molar-refractivity contribution in [3.05, 3.63) is 30.3 Å². The van der Waals surface area contributed by atoms with Gasteiger partial charge in [0.25, 0.3) is 5.91 Å². The zero-order chi connectivity index (χ0) is 16.7. The number of esters is 1. The minimum Gasteiger partial charge on any atom is -0.455 e. The lowest BCUT2D eigenvalue weighted by atomic mass is 9.86. The molecule has 0 heterocycles. The fourth-order valence-electron chi connectivity index (χ4n) is 2.78. The highest BCUT2D eigenvalue weighted by molar-refractivity contribution is 8.00. The molecular weight excluding hydrogens is 310 g/mol. The van der Waals surface area contributed by atoms with Crippen LogP contribution >= 0.6 is 11.8 Å². The number of carbonyl (C=O) groups is 2. The first-order valence-corrected chi connectivity index (χ1v) is 9.12. The average Bonchev–Trinajstić information content (AvgIpc) is 2.55. The maximum absolute atomic E-state index is 12.0.